The number of Topliss-reactive ketones (excluding diaryl/α,β-unsaturated/α-hetero) is 1. The summed E-state index contributed by atoms with van der Waals surface area (Å²) in [6, 6.07) is 10.2. The van der Waals surface area contributed by atoms with E-state index in [2.05, 4.69) is 10.6 Å². The number of carbonyl (C=O) groups excluding carboxylic acids is 5. The molecule has 0 radical (unpaired) electrons. The van der Waals surface area contributed by atoms with E-state index < -0.39 is 54.2 Å². The van der Waals surface area contributed by atoms with E-state index >= 15 is 0 Å². The zero-order valence-electron chi connectivity index (χ0n) is 25.3. The summed E-state index contributed by atoms with van der Waals surface area (Å²) in [5.74, 6) is -4.81. The summed E-state index contributed by atoms with van der Waals surface area (Å²) < 4.78 is 0. The van der Waals surface area contributed by atoms with E-state index in [4.69, 9.17) is 5.11 Å². The van der Waals surface area contributed by atoms with Crippen molar-refractivity contribution in [1.29, 1.82) is 0 Å². The van der Waals surface area contributed by atoms with Crippen LogP contribution in [0.15, 0.2) is 42.5 Å². The number of hydrogen-bond acceptors (Lipinski definition) is 6. The van der Waals surface area contributed by atoms with Crippen LogP contribution in [0.2, 0.25) is 0 Å². The van der Waals surface area contributed by atoms with E-state index in [1.54, 1.807) is 26.0 Å². The highest BCUT2D eigenvalue weighted by atomic mass is 16.4. The number of amides is 4. The van der Waals surface area contributed by atoms with Gasteiger partial charge in [0.05, 0.1) is 6.04 Å². The fourth-order valence-corrected chi connectivity index (χ4v) is 6.22. The van der Waals surface area contributed by atoms with Crippen LogP contribution in [-0.4, -0.2) is 76.6 Å². The van der Waals surface area contributed by atoms with Crippen molar-refractivity contribution in [3.63, 3.8) is 0 Å². The molecule has 1 heterocycles. The highest BCUT2D eigenvalue weighted by molar-refractivity contribution is 6.38. The minimum atomic E-state index is -1.30. The summed E-state index contributed by atoms with van der Waals surface area (Å²) in [5.41, 5.74) is 0.445. The van der Waals surface area contributed by atoms with Crippen LogP contribution in [-0.2, 0) is 24.0 Å². The molecule has 1 aliphatic heterocycles. The molecular weight excluding hydrogens is 564 g/mol. The molecule has 3 atom stereocenters. The second-order valence-electron chi connectivity index (χ2n) is 12.2. The van der Waals surface area contributed by atoms with E-state index in [0.717, 1.165) is 42.9 Å². The molecule has 1 saturated heterocycles. The predicted molar refractivity (Wildman–Crippen MR) is 164 cm³/mol. The van der Waals surface area contributed by atoms with Crippen molar-refractivity contribution in [2.24, 2.45) is 11.8 Å². The minimum absolute atomic E-state index is 0.275. The number of nitrogens with zero attached hydrogens (tertiary/aromatic N) is 1. The first kappa shape index (κ1) is 32.6. The summed E-state index contributed by atoms with van der Waals surface area (Å²) in [5, 5.41) is 18.4. The van der Waals surface area contributed by atoms with E-state index in [-0.39, 0.29) is 17.7 Å². The van der Waals surface area contributed by atoms with Gasteiger partial charge in [-0.15, -0.1) is 0 Å². The Morgan fingerprint density at radius 3 is 2.27 bits per heavy atom. The van der Waals surface area contributed by atoms with Gasteiger partial charge in [0.25, 0.3) is 11.8 Å². The molecule has 4 amide bonds. The maximum atomic E-state index is 14.1. The number of ketones is 1. The Balaban J connectivity index is 1.50. The molecule has 2 aromatic rings. The first-order valence-corrected chi connectivity index (χ1v) is 15.5. The Morgan fingerprint density at radius 2 is 1.59 bits per heavy atom. The highest BCUT2D eigenvalue weighted by Crippen LogP contribution is 2.29. The molecule has 2 aliphatic rings. The number of likely N-dealkylation sites (tertiary alicyclic amines) is 1. The van der Waals surface area contributed by atoms with Gasteiger partial charge in [-0.05, 0) is 54.0 Å². The predicted octanol–water partition coefficient (Wildman–Crippen LogP) is 2.81. The quantitative estimate of drug-likeness (QED) is 0.270. The molecule has 4 N–H and O–H groups in total. The van der Waals surface area contributed by atoms with Gasteiger partial charge in [-0.1, -0.05) is 76.3 Å². The maximum Gasteiger partial charge on any atom is 0.322 e. The molecule has 0 aromatic heterocycles. The number of hydrogen-bond donors (Lipinski definition) is 4. The molecular formula is C33H42N4O7. The summed E-state index contributed by atoms with van der Waals surface area (Å²) in [6.07, 6.45) is 6.65. The van der Waals surface area contributed by atoms with Gasteiger partial charge >= 0.3 is 5.97 Å². The molecule has 11 nitrogen and oxygen atoms in total. The molecule has 236 valence electrons. The van der Waals surface area contributed by atoms with Crippen molar-refractivity contribution in [2.45, 2.75) is 83.3 Å². The van der Waals surface area contributed by atoms with Crippen molar-refractivity contribution in [3.8, 4) is 0 Å². The van der Waals surface area contributed by atoms with Gasteiger partial charge in [-0.25, -0.2) is 0 Å². The average Bonchev–Trinajstić information content (AvgIpc) is 3.51. The zero-order chi connectivity index (χ0) is 31.8. The highest BCUT2D eigenvalue weighted by Gasteiger charge is 2.40. The number of carbonyl (C=O) groups is 6. The Bertz CT molecular complexity index is 1400. The smallest absolute Gasteiger partial charge is 0.322 e. The third-order valence-electron chi connectivity index (χ3n) is 8.62. The average molecular weight is 607 g/mol. The molecule has 0 bridgehead atoms. The number of benzene rings is 2. The molecule has 44 heavy (non-hydrogen) atoms. The summed E-state index contributed by atoms with van der Waals surface area (Å²) >= 11 is 0. The van der Waals surface area contributed by atoms with Crippen LogP contribution < -0.4 is 16.0 Å². The summed E-state index contributed by atoms with van der Waals surface area (Å²) in [6.45, 7) is 2.92. The van der Waals surface area contributed by atoms with Gasteiger partial charge in [-0.3, -0.25) is 28.8 Å². The normalized spacial score (nSPS) is 18.4. The molecule has 0 spiro atoms. The van der Waals surface area contributed by atoms with Crippen LogP contribution >= 0.6 is 0 Å². The van der Waals surface area contributed by atoms with Gasteiger partial charge < -0.3 is 26.0 Å². The topological polar surface area (TPSA) is 162 Å². The maximum absolute atomic E-state index is 14.1. The van der Waals surface area contributed by atoms with Gasteiger partial charge in [0.15, 0.2) is 0 Å². The number of carboxylic acid groups (broad SMARTS) is 1. The van der Waals surface area contributed by atoms with E-state index in [1.807, 2.05) is 35.6 Å². The Kier molecular flexibility index (Phi) is 11.1. The number of fused-ring (bicyclic) bond motifs is 1. The molecule has 1 saturated carbocycles. The first-order valence-electron chi connectivity index (χ1n) is 15.5. The number of carboxylic acids is 1. The van der Waals surface area contributed by atoms with E-state index in [1.165, 1.54) is 4.90 Å². The van der Waals surface area contributed by atoms with Crippen LogP contribution in [0.3, 0.4) is 0 Å². The van der Waals surface area contributed by atoms with Crippen molar-refractivity contribution < 1.29 is 33.9 Å². The summed E-state index contributed by atoms with van der Waals surface area (Å²) in [4.78, 5) is 78.3. The fraction of sp³-hybridized carbons (Fsp3) is 0.515. The van der Waals surface area contributed by atoms with Gasteiger partial charge in [0.1, 0.15) is 18.6 Å². The Hall–Kier alpha value is -4.28. The van der Waals surface area contributed by atoms with Crippen LogP contribution in [0.25, 0.3) is 10.8 Å². The second-order valence-corrected chi connectivity index (χ2v) is 12.2. The number of aliphatic carboxylic acids is 1. The SMILES string of the molecule is CC(C)C(NC(=O)[C@@H]1CCCN1C(=O)[C@@H](CC1CCCCC1)NC(=O)c1ccc2ccccc2c1)C(=O)C(=O)NCC(=O)O. The van der Waals surface area contributed by atoms with Crippen LogP contribution in [0, 0.1) is 11.8 Å². The summed E-state index contributed by atoms with van der Waals surface area (Å²) in [7, 11) is 0. The van der Waals surface area contributed by atoms with Crippen molar-refractivity contribution in [3.05, 3.63) is 48.0 Å². The largest absolute Gasteiger partial charge is 0.480 e. The van der Waals surface area contributed by atoms with Gasteiger partial charge in [0.2, 0.25) is 17.6 Å². The minimum Gasteiger partial charge on any atom is -0.480 e. The first-order chi connectivity index (χ1) is 21.0. The molecule has 2 fully saturated rings. The standard InChI is InChI=1S/C33H42N4O7/c1-20(2)28(29(40)32(43)34-19-27(38)39)36-31(42)26-13-8-16-37(26)33(44)25(17-21-9-4-3-5-10-21)35-30(41)24-15-14-22-11-6-7-12-23(22)18-24/h6-7,11-12,14-15,18,20-21,25-26,28H,3-5,8-10,13,16-17,19H2,1-2H3,(H,34,43)(H,35,41)(H,36,42)(H,38,39)/t25-,26+,28?/m1/s1. The van der Waals surface area contributed by atoms with Crippen LogP contribution in [0.5, 0.6) is 0 Å². The van der Waals surface area contributed by atoms with Gasteiger partial charge in [-0.2, -0.15) is 0 Å². The fourth-order valence-electron chi connectivity index (χ4n) is 6.22. The Morgan fingerprint density at radius 1 is 0.886 bits per heavy atom. The monoisotopic (exact) mass is 606 g/mol. The third-order valence-corrected chi connectivity index (χ3v) is 8.62. The van der Waals surface area contributed by atoms with Crippen LogP contribution in [0.1, 0.15) is 75.6 Å². The van der Waals surface area contributed by atoms with Crippen molar-refractivity contribution in [2.75, 3.05) is 13.1 Å². The lowest BCUT2D eigenvalue weighted by Crippen LogP contribution is -2.57. The van der Waals surface area contributed by atoms with Crippen molar-refractivity contribution >= 4 is 46.2 Å². The Labute approximate surface area is 257 Å². The van der Waals surface area contributed by atoms with E-state index in [9.17, 15) is 28.8 Å². The second kappa shape index (κ2) is 14.9. The van der Waals surface area contributed by atoms with Crippen LogP contribution in [0.4, 0.5) is 0 Å². The lowest BCUT2D eigenvalue weighted by molar-refractivity contribution is -0.144. The molecule has 11 heteroatoms. The van der Waals surface area contributed by atoms with Crippen molar-refractivity contribution in [1.82, 2.24) is 20.9 Å². The zero-order valence-corrected chi connectivity index (χ0v) is 25.3. The number of nitrogens with one attached hydrogen (secondary N) is 3. The number of rotatable bonds is 12. The van der Waals surface area contributed by atoms with E-state index in [0.29, 0.717) is 31.4 Å². The third kappa shape index (κ3) is 8.21. The lowest BCUT2D eigenvalue weighted by atomic mass is 9.84. The molecule has 1 aliphatic carbocycles. The van der Waals surface area contributed by atoms with Gasteiger partial charge in [0, 0.05) is 12.1 Å². The molecule has 1 unspecified atom stereocenters. The lowest BCUT2D eigenvalue weighted by Gasteiger charge is -2.32. The molecule has 2 aromatic carbocycles. The molecule has 4 rings (SSSR count).